The topological polar surface area (TPSA) is 59.2 Å². The molecule has 0 amide bonds. The fourth-order valence-corrected chi connectivity index (χ4v) is 3.85. The Balaban J connectivity index is 1.36. The molecule has 2 N–H and O–H groups in total. The van der Waals surface area contributed by atoms with E-state index >= 15 is 0 Å². The van der Waals surface area contributed by atoms with E-state index in [1.165, 1.54) is 12.1 Å². The number of hydrogen-bond acceptors (Lipinski definition) is 4. The molecule has 4 rings (SSSR count). The van der Waals surface area contributed by atoms with Crippen LogP contribution in [0.1, 0.15) is 23.9 Å². The minimum Gasteiger partial charge on any atom is -0.490 e. The average Bonchev–Trinajstić information content (AvgIpc) is 3.21. The number of benzene rings is 3. The zero-order valence-electron chi connectivity index (χ0n) is 17.8. The fraction of sp³-hybridized carbons (Fsp3) is 0.240. The van der Waals surface area contributed by atoms with Crippen molar-refractivity contribution in [3.05, 3.63) is 87.9 Å². The van der Waals surface area contributed by atoms with Gasteiger partial charge in [0.15, 0.2) is 11.5 Å². The molecule has 0 fully saturated rings. The van der Waals surface area contributed by atoms with Crippen molar-refractivity contribution < 1.29 is 13.9 Å². The number of hydrogen-bond donors (Lipinski definition) is 2. The molecule has 166 valence electrons. The van der Waals surface area contributed by atoms with Crippen LogP contribution in [0.4, 0.5) is 4.39 Å². The third-order valence-electron chi connectivity index (χ3n) is 5.01. The molecule has 0 bridgehead atoms. The van der Waals surface area contributed by atoms with E-state index in [1.807, 2.05) is 43.3 Å². The summed E-state index contributed by atoms with van der Waals surface area (Å²) in [6.07, 6.45) is 0.809. The van der Waals surface area contributed by atoms with Gasteiger partial charge in [0.1, 0.15) is 18.2 Å². The lowest BCUT2D eigenvalue weighted by atomic mass is 10.2. The molecule has 4 aromatic rings. The summed E-state index contributed by atoms with van der Waals surface area (Å²) < 4.78 is 25.8. The van der Waals surface area contributed by atoms with Crippen molar-refractivity contribution in [2.45, 2.75) is 26.5 Å². The number of H-pyrrole nitrogens is 1. The second-order valence-corrected chi connectivity index (χ2v) is 8.22. The van der Waals surface area contributed by atoms with E-state index in [0.717, 1.165) is 45.4 Å². The van der Waals surface area contributed by atoms with Crippen molar-refractivity contribution in [3.8, 4) is 11.5 Å². The van der Waals surface area contributed by atoms with E-state index in [4.69, 9.17) is 9.47 Å². The molecular weight excluding hydrogens is 473 g/mol. The van der Waals surface area contributed by atoms with Crippen LogP contribution < -0.4 is 14.8 Å². The number of fused-ring (bicyclic) bond motifs is 1. The molecule has 7 heteroatoms. The van der Waals surface area contributed by atoms with Crippen LogP contribution in [-0.2, 0) is 19.6 Å². The predicted molar refractivity (Wildman–Crippen MR) is 128 cm³/mol. The van der Waals surface area contributed by atoms with Crippen LogP contribution in [-0.4, -0.2) is 23.1 Å². The Labute approximate surface area is 195 Å². The number of para-hydroxylation sites is 2. The van der Waals surface area contributed by atoms with Gasteiger partial charge in [-0.25, -0.2) is 9.37 Å². The number of halogens is 2. The van der Waals surface area contributed by atoms with Crippen LogP contribution in [0.5, 0.6) is 11.5 Å². The average molecular weight is 498 g/mol. The molecule has 5 nitrogen and oxygen atoms in total. The second kappa shape index (κ2) is 10.6. The predicted octanol–water partition coefficient (Wildman–Crippen LogP) is 5.77. The maximum absolute atomic E-state index is 13.1. The van der Waals surface area contributed by atoms with Gasteiger partial charge in [0.05, 0.1) is 17.6 Å². The van der Waals surface area contributed by atoms with Crippen LogP contribution in [0.25, 0.3) is 11.0 Å². The molecule has 0 saturated heterocycles. The highest BCUT2D eigenvalue weighted by Crippen LogP contribution is 2.34. The number of aromatic nitrogens is 2. The van der Waals surface area contributed by atoms with Gasteiger partial charge in [-0.2, -0.15) is 0 Å². The first-order chi connectivity index (χ1) is 15.6. The Bertz CT molecular complexity index is 1140. The van der Waals surface area contributed by atoms with Gasteiger partial charge in [-0.05, 0) is 54.4 Å². The molecule has 32 heavy (non-hydrogen) atoms. The van der Waals surface area contributed by atoms with Crippen LogP contribution in [0.2, 0.25) is 0 Å². The molecule has 1 heterocycles. The van der Waals surface area contributed by atoms with E-state index in [2.05, 4.69) is 31.2 Å². The molecular formula is C25H25BrFN3O2. The summed E-state index contributed by atoms with van der Waals surface area (Å²) in [5.74, 6) is 2.04. The summed E-state index contributed by atoms with van der Waals surface area (Å²) in [5.41, 5.74) is 4.01. The Morgan fingerprint density at radius 3 is 2.59 bits per heavy atom. The maximum atomic E-state index is 13.1. The van der Waals surface area contributed by atoms with Crippen LogP contribution >= 0.6 is 15.9 Å². The number of aromatic amines is 1. The standard InChI is InChI=1S/C25H25BrFN3O2/c1-2-31-23-13-18(15-28-12-11-25-29-21-5-3-4-6-22(21)30-25)20(26)14-24(23)32-16-17-7-9-19(27)10-8-17/h3-10,13-14,28H,2,11-12,15-16H2,1H3,(H,29,30). The van der Waals surface area contributed by atoms with Gasteiger partial charge >= 0.3 is 0 Å². The van der Waals surface area contributed by atoms with Gasteiger partial charge in [-0.1, -0.05) is 40.2 Å². The maximum Gasteiger partial charge on any atom is 0.162 e. The summed E-state index contributed by atoms with van der Waals surface area (Å²) in [7, 11) is 0. The number of ether oxygens (including phenoxy) is 2. The second-order valence-electron chi connectivity index (χ2n) is 7.37. The summed E-state index contributed by atoms with van der Waals surface area (Å²) in [5, 5.41) is 3.47. The number of rotatable bonds is 10. The minimum atomic E-state index is -0.260. The lowest BCUT2D eigenvalue weighted by molar-refractivity contribution is 0.268. The molecule has 1 aromatic heterocycles. The molecule has 0 atom stereocenters. The Morgan fingerprint density at radius 1 is 1.03 bits per heavy atom. The molecule has 0 saturated carbocycles. The zero-order chi connectivity index (χ0) is 22.3. The first kappa shape index (κ1) is 22.3. The third kappa shape index (κ3) is 5.66. The van der Waals surface area contributed by atoms with Gasteiger partial charge in [0.25, 0.3) is 0 Å². The molecule has 0 unspecified atom stereocenters. The van der Waals surface area contributed by atoms with Gasteiger partial charge in [0.2, 0.25) is 0 Å². The Hall–Kier alpha value is -2.90. The van der Waals surface area contributed by atoms with Crippen molar-refractivity contribution in [3.63, 3.8) is 0 Å². The highest BCUT2D eigenvalue weighted by atomic mass is 79.9. The molecule has 0 radical (unpaired) electrons. The Kier molecular flexibility index (Phi) is 7.39. The van der Waals surface area contributed by atoms with Crippen molar-refractivity contribution in [1.82, 2.24) is 15.3 Å². The number of nitrogens with zero attached hydrogens (tertiary/aromatic N) is 1. The monoisotopic (exact) mass is 497 g/mol. The molecule has 3 aromatic carbocycles. The van der Waals surface area contributed by atoms with Crippen molar-refractivity contribution in [2.24, 2.45) is 0 Å². The van der Waals surface area contributed by atoms with Crippen molar-refractivity contribution >= 4 is 27.0 Å². The van der Waals surface area contributed by atoms with E-state index in [9.17, 15) is 4.39 Å². The first-order valence-corrected chi connectivity index (χ1v) is 11.4. The third-order valence-corrected chi connectivity index (χ3v) is 5.75. The summed E-state index contributed by atoms with van der Waals surface area (Å²) >= 11 is 3.64. The van der Waals surface area contributed by atoms with Crippen molar-refractivity contribution in [1.29, 1.82) is 0 Å². The SMILES string of the molecule is CCOc1cc(CNCCc2nc3ccccc3[nH]2)c(Br)cc1OCc1ccc(F)cc1. The van der Waals surface area contributed by atoms with E-state index < -0.39 is 0 Å². The fourth-order valence-electron chi connectivity index (χ4n) is 3.39. The number of imidazole rings is 1. The van der Waals surface area contributed by atoms with Crippen LogP contribution in [0.15, 0.2) is 65.1 Å². The smallest absolute Gasteiger partial charge is 0.162 e. The van der Waals surface area contributed by atoms with Gasteiger partial charge in [-0.3, -0.25) is 0 Å². The van der Waals surface area contributed by atoms with Gasteiger partial charge in [0, 0.05) is 24.0 Å². The molecule has 0 aliphatic carbocycles. The lowest BCUT2D eigenvalue weighted by Crippen LogP contribution is -2.17. The molecule has 0 aliphatic heterocycles. The van der Waals surface area contributed by atoms with Gasteiger partial charge in [-0.15, -0.1) is 0 Å². The molecule has 0 spiro atoms. The first-order valence-electron chi connectivity index (χ1n) is 10.6. The van der Waals surface area contributed by atoms with Crippen LogP contribution in [0, 0.1) is 5.82 Å². The number of nitrogens with one attached hydrogen (secondary N) is 2. The lowest BCUT2D eigenvalue weighted by Gasteiger charge is -2.15. The van der Waals surface area contributed by atoms with Gasteiger partial charge < -0.3 is 19.8 Å². The highest BCUT2D eigenvalue weighted by molar-refractivity contribution is 9.10. The summed E-state index contributed by atoms with van der Waals surface area (Å²) in [4.78, 5) is 7.96. The minimum absolute atomic E-state index is 0.260. The largest absolute Gasteiger partial charge is 0.490 e. The summed E-state index contributed by atoms with van der Waals surface area (Å²) in [6, 6.07) is 18.2. The molecule has 0 aliphatic rings. The summed E-state index contributed by atoms with van der Waals surface area (Å²) in [6.45, 7) is 4.28. The highest BCUT2D eigenvalue weighted by Gasteiger charge is 2.12. The van der Waals surface area contributed by atoms with E-state index in [0.29, 0.717) is 31.3 Å². The normalized spacial score (nSPS) is 11.1. The Morgan fingerprint density at radius 2 is 1.81 bits per heavy atom. The van der Waals surface area contributed by atoms with E-state index in [1.54, 1.807) is 12.1 Å². The quantitative estimate of drug-likeness (QED) is 0.273. The zero-order valence-corrected chi connectivity index (χ0v) is 19.4. The van der Waals surface area contributed by atoms with Crippen LogP contribution in [0.3, 0.4) is 0 Å². The van der Waals surface area contributed by atoms with E-state index in [-0.39, 0.29) is 5.82 Å². The van der Waals surface area contributed by atoms with Crippen molar-refractivity contribution in [2.75, 3.05) is 13.2 Å².